The van der Waals surface area contributed by atoms with Crippen molar-refractivity contribution in [2.24, 2.45) is 0 Å². The molecule has 0 atom stereocenters. The van der Waals surface area contributed by atoms with E-state index in [1.807, 2.05) is 58.5 Å². The number of imidazole rings is 1. The number of hydrogen-bond donors (Lipinski definition) is 0. The topological polar surface area (TPSA) is 43.0 Å². The number of carbonyl (C=O) groups excluding carboxylic acids is 2. The Morgan fingerprint density at radius 3 is 2.19 bits per heavy atom. The Kier molecular flexibility index (Phi) is 4.48. The summed E-state index contributed by atoms with van der Waals surface area (Å²) in [5, 5.41) is 0. The summed E-state index contributed by atoms with van der Waals surface area (Å²) in [6.45, 7) is 5.46. The second kappa shape index (κ2) is 6.95. The van der Waals surface area contributed by atoms with Crippen molar-refractivity contribution in [1.82, 2.24) is 4.57 Å². The lowest BCUT2D eigenvalue weighted by Gasteiger charge is -2.13. The Bertz CT molecular complexity index is 1030. The van der Waals surface area contributed by atoms with Gasteiger partial charge in [0.05, 0.1) is 6.54 Å². The third-order valence-corrected chi connectivity index (χ3v) is 5.31. The molecular weight excluding hydrogens is 336 g/mol. The molecule has 0 fully saturated rings. The van der Waals surface area contributed by atoms with Crippen molar-refractivity contribution in [3.8, 4) is 0 Å². The van der Waals surface area contributed by atoms with E-state index in [-0.39, 0.29) is 11.6 Å². The first-order valence-electron chi connectivity index (χ1n) is 9.48. The van der Waals surface area contributed by atoms with E-state index >= 15 is 0 Å². The highest BCUT2D eigenvalue weighted by molar-refractivity contribution is 6.26. The van der Waals surface area contributed by atoms with Crippen LogP contribution in [0.3, 0.4) is 0 Å². The lowest BCUT2D eigenvalue weighted by molar-refractivity contribution is -0.695. The van der Waals surface area contributed by atoms with Crippen LogP contribution in [-0.2, 0) is 13.1 Å². The van der Waals surface area contributed by atoms with Crippen LogP contribution in [0.4, 0.5) is 0 Å². The molecule has 0 amide bonds. The minimum absolute atomic E-state index is 0.0498. The standard InChI is InChI=1S/C23H23N2O2/c1-3-4-14-24-16(2)25(15-17-10-6-5-7-11-17)21-20(24)22(26)18-12-8-9-13-19(18)23(21)27/h5-13H,3-4,14-15H2,1-2H3/q+1. The molecule has 0 spiro atoms. The van der Waals surface area contributed by atoms with Crippen molar-refractivity contribution >= 4 is 11.6 Å². The summed E-state index contributed by atoms with van der Waals surface area (Å²) in [5.74, 6) is 0.840. The molecule has 136 valence electrons. The van der Waals surface area contributed by atoms with Crippen LogP contribution < -0.4 is 4.57 Å². The number of nitrogens with zero attached hydrogens (tertiary/aromatic N) is 2. The van der Waals surface area contributed by atoms with E-state index in [0.29, 0.717) is 29.1 Å². The monoisotopic (exact) mass is 359 g/mol. The lowest BCUT2D eigenvalue weighted by Crippen LogP contribution is -2.43. The molecule has 4 heteroatoms. The molecule has 1 aliphatic rings. The normalized spacial score (nSPS) is 12.8. The maximum Gasteiger partial charge on any atom is 0.254 e. The van der Waals surface area contributed by atoms with Crippen LogP contribution in [0.2, 0.25) is 0 Å². The van der Waals surface area contributed by atoms with E-state index in [9.17, 15) is 9.59 Å². The van der Waals surface area contributed by atoms with Crippen LogP contribution in [0.1, 0.15) is 63.3 Å². The molecule has 0 radical (unpaired) electrons. The van der Waals surface area contributed by atoms with Crippen LogP contribution in [0.25, 0.3) is 0 Å². The van der Waals surface area contributed by atoms with E-state index < -0.39 is 0 Å². The lowest BCUT2D eigenvalue weighted by atomic mass is 9.90. The molecule has 0 saturated heterocycles. The quantitative estimate of drug-likeness (QED) is 0.510. The van der Waals surface area contributed by atoms with Gasteiger partial charge in [-0.15, -0.1) is 0 Å². The van der Waals surface area contributed by atoms with Gasteiger partial charge in [-0.3, -0.25) is 9.59 Å². The molecule has 4 nitrogen and oxygen atoms in total. The highest BCUT2D eigenvalue weighted by Gasteiger charge is 2.42. The average molecular weight is 359 g/mol. The van der Waals surface area contributed by atoms with Gasteiger partial charge in [0, 0.05) is 18.1 Å². The molecule has 27 heavy (non-hydrogen) atoms. The fourth-order valence-corrected chi connectivity index (χ4v) is 3.87. The Morgan fingerprint density at radius 2 is 1.52 bits per heavy atom. The summed E-state index contributed by atoms with van der Waals surface area (Å²) in [6.07, 6.45) is 2.00. The van der Waals surface area contributed by atoms with Gasteiger partial charge in [-0.05, 0) is 12.0 Å². The molecule has 0 aliphatic heterocycles. The number of ketones is 2. The van der Waals surface area contributed by atoms with Gasteiger partial charge in [0.2, 0.25) is 23.0 Å². The number of fused-ring (bicyclic) bond motifs is 2. The molecule has 0 N–H and O–H groups in total. The van der Waals surface area contributed by atoms with Crippen LogP contribution >= 0.6 is 0 Å². The van der Waals surface area contributed by atoms with Crippen molar-refractivity contribution in [1.29, 1.82) is 0 Å². The smallest absolute Gasteiger partial charge is 0.254 e. The third kappa shape index (κ3) is 2.81. The van der Waals surface area contributed by atoms with Gasteiger partial charge >= 0.3 is 0 Å². The first-order valence-corrected chi connectivity index (χ1v) is 9.48. The number of aromatic nitrogens is 2. The van der Waals surface area contributed by atoms with Crippen molar-refractivity contribution in [2.45, 2.75) is 39.8 Å². The molecule has 1 aliphatic carbocycles. The van der Waals surface area contributed by atoms with Crippen molar-refractivity contribution < 1.29 is 14.2 Å². The Hall–Kier alpha value is -3.01. The molecule has 4 rings (SSSR count). The zero-order chi connectivity index (χ0) is 19.0. The molecule has 1 aromatic heterocycles. The largest absolute Gasteiger partial charge is 0.284 e. The van der Waals surface area contributed by atoms with Gasteiger partial charge in [0.25, 0.3) is 5.82 Å². The predicted octanol–water partition coefficient (Wildman–Crippen LogP) is 3.71. The molecule has 1 heterocycles. The van der Waals surface area contributed by atoms with Crippen LogP contribution in [0.5, 0.6) is 0 Å². The van der Waals surface area contributed by atoms with E-state index in [2.05, 4.69) is 6.92 Å². The van der Waals surface area contributed by atoms with Crippen molar-refractivity contribution in [3.05, 3.63) is 88.5 Å². The summed E-state index contributed by atoms with van der Waals surface area (Å²) in [4.78, 5) is 26.6. The van der Waals surface area contributed by atoms with Gasteiger partial charge in [-0.25, -0.2) is 9.13 Å². The number of carbonyl (C=O) groups is 2. The van der Waals surface area contributed by atoms with E-state index in [1.165, 1.54) is 0 Å². The van der Waals surface area contributed by atoms with Gasteiger partial charge in [0.1, 0.15) is 6.54 Å². The molecule has 3 aromatic rings. The molecule has 0 saturated carbocycles. The van der Waals surface area contributed by atoms with Crippen LogP contribution in [0.15, 0.2) is 54.6 Å². The highest BCUT2D eigenvalue weighted by atomic mass is 16.1. The Morgan fingerprint density at radius 1 is 0.889 bits per heavy atom. The van der Waals surface area contributed by atoms with Gasteiger partial charge < -0.3 is 0 Å². The second-order valence-electron chi connectivity index (χ2n) is 7.03. The molecule has 0 unspecified atom stereocenters. The SMILES string of the molecule is CCCCn1c2c([n+](Cc3ccccc3)c1C)C(=O)c1ccccc1C2=O. The predicted molar refractivity (Wildman–Crippen MR) is 103 cm³/mol. The second-order valence-corrected chi connectivity index (χ2v) is 7.03. The number of unbranched alkanes of at least 4 members (excludes halogenated alkanes) is 1. The third-order valence-electron chi connectivity index (χ3n) is 5.31. The number of rotatable bonds is 5. The summed E-state index contributed by atoms with van der Waals surface area (Å²) < 4.78 is 4.05. The minimum atomic E-state index is -0.0607. The average Bonchev–Trinajstić information content (AvgIpc) is 2.97. The number of benzene rings is 2. The zero-order valence-electron chi connectivity index (χ0n) is 15.7. The van der Waals surface area contributed by atoms with Gasteiger partial charge in [-0.2, -0.15) is 0 Å². The Balaban J connectivity index is 1.92. The van der Waals surface area contributed by atoms with Gasteiger partial charge in [-0.1, -0.05) is 67.9 Å². The summed E-state index contributed by atoms with van der Waals surface area (Å²) in [7, 11) is 0. The molecule has 2 aromatic carbocycles. The van der Waals surface area contributed by atoms with E-state index in [1.54, 1.807) is 12.1 Å². The minimum Gasteiger partial charge on any atom is -0.284 e. The summed E-state index contributed by atoms with van der Waals surface area (Å²) in [5.41, 5.74) is 3.19. The molecular formula is C23H23N2O2+. The maximum atomic E-state index is 13.3. The zero-order valence-corrected chi connectivity index (χ0v) is 15.7. The van der Waals surface area contributed by atoms with Crippen molar-refractivity contribution in [3.63, 3.8) is 0 Å². The summed E-state index contributed by atoms with van der Waals surface area (Å²) >= 11 is 0. The van der Waals surface area contributed by atoms with Crippen LogP contribution in [0, 0.1) is 6.92 Å². The van der Waals surface area contributed by atoms with Crippen LogP contribution in [-0.4, -0.2) is 16.1 Å². The first kappa shape index (κ1) is 17.4. The highest BCUT2D eigenvalue weighted by Crippen LogP contribution is 2.27. The maximum absolute atomic E-state index is 13.3. The fourth-order valence-electron chi connectivity index (χ4n) is 3.87. The fraction of sp³-hybridized carbons (Fsp3) is 0.261. The first-order chi connectivity index (χ1) is 13.1. The van der Waals surface area contributed by atoms with Crippen molar-refractivity contribution in [2.75, 3.05) is 0 Å². The number of hydrogen-bond acceptors (Lipinski definition) is 2. The molecule has 0 bridgehead atoms. The van der Waals surface area contributed by atoms with Gasteiger partial charge in [0.15, 0.2) is 0 Å². The van der Waals surface area contributed by atoms with E-state index in [0.717, 1.165) is 30.8 Å². The Labute approximate surface area is 159 Å². The van der Waals surface area contributed by atoms with E-state index in [4.69, 9.17) is 0 Å². The summed E-state index contributed by atoms with van der Waals surface area (Å²) in [6, 6.07) is 17.2.